The van der Waals surface area contributed by atoms with Crippen molar-refractivity contribution < 1.29 is 0 Å². The third-order valence-corrected chi connectivity index (χ3v) is 6.93. The van der Waals surface area contributed by atoms with Crippen molar-refractivity contribution in [3.8, 4) is 0 Å². The fourth-order valence-electron chi connectivity index (χ4n) is 4.75. The number of anilines is 1. The molecule has 2 aliphatic rings. The summed E-state index contributed by atoms with van der Waals surface area (Å²) in [4.78, 5) is 5.07. The summed E-state index contributed by atoms with van der Waals surface area (Å²) < 4.78 is 0. The highest BCUT2D eigenvalue weighted by Gasteiger charge is 2.36. The van der Waals surface area contributed by atoms with Crippen LogP contribution < -0.4 is 10.2 Å². The number of nitrogens with one attached hydrogen (secondary N) is 1. The Balaban J connectivity index is 1.62. The average Bonchev–Trinajstić information content (AvgIpc) is 2.71. The van der Waals surface area contributed by atoms with Crippen molar-refractivity contribution in [3.63, 3.8) is 0 Å². The van der Waals surface area contributed by atoms with E-state index in [0.29, 0.717) is 11.3 Å². The summed E-state index contributed by atoms with van der Waals surface area (Å²) in [6, 6.07) is 9.22. The molecule has 148 valence electrons. The highest BCUT2D eigenvalue weighted by Crippen LogP contribution is 2.42. The average molecular weight is 368 g/mol. The first-order chi connectivity index (χ1) is 13.1. The number of likely N-dealkylation sites (N-methyl/N-ethyl adjacent to an activating group) is 1. The smallest absolute Gasteiger partial charge is 0.0366 e. The van der Waals surface area contributed by atoms with Gasteiger partial charge in [-0.25, -0.2) is 0 Å². The zero-order chi connectivity index (χ0) is 19.3. The lowest BCUT2D eigenvalue weighted by molar-refractivity contribution is 0.0945. The van der Waals surface area contributed by atoms with Crippen molar-refractivity contribution in [2.75, 3.05) is 45.2 Å². The van der Waals surface area contributed by atoms with E-state index in [1.54, 1.807) is 0 Å². The first kappa shape index (κ1) is 20.0. The second-order valence-corrected chi connectivity index (χ2v) is 8.58. The Kier molecular flexibility index (Phi) is 6.64. The Labute approximate surface area is 166 Å². The summed E-state index contributed by atoms with van der Waals surface area (Å²) in [5.41, 5.74) is 4.43. The van der Waals surface area contributed by atoms with Gasteiger partial charge in [0.25, 0.3) is 0 Å². The fraction of sp³-hybridized carbons (Fsp3) is 0.583. The van der Waals surface area contributed by atoms with Crippen molar-refractivity contribution in [2.24, 2.45) is 5.41 Å². The van der Waals surface area contributed by atoms with Crippen LogP contribution in [0.2, 0.25) is 0 Å². The molecule has 0 aliphatic carbocycles. The Morgan fingerprint density at radius 2 is 1.70 bits per heavy atom. The van der Waals surface area contributed by atoms with Gasteiger partial charge < -0.3 is 15.1 Å². The maximum Gasteiger partial charge on any atom is 0.0366 e. The minimum absolute atomic E-state index is 0.353. The second kappa shape index (κ2) is 8.97. The van der Waals surface area contributed by atoms with Crippen molar-refractivity contribution >= 4 is 5.69 Å². The topological polar surface area (TPSA) is 18.5 Å². The molecule has 3 heteroatoms. The van der Waals surface area contributed by atoms with Crippen molar-refractivity contribution in [3.05, 3.63) is 54.8 Å². The predicted octanol–water partition coefficient (Wildman–Crippen LogP) is 4.78. The molecule has 3 nitrogen and oxygen atoms in total. The predicted molar refractivity (Wildman–Crippen MR) is 117 cm³/mol. The summed E-state index contributed by atoms with van der Waals surface area (Å²) in [5, 5.41) is 3.24. The van der Waals surface area contributed by atoms with E-state index in [-0.39, 0.29) is 0 Å². The maximum atomic E-state index is 4.21. The third-order valence-electron chi connectivity index (χ3n) is 6.93. The highest BCUT2D eigenvalue weighted by atomic mass is 15.1. The number of hydrogen-bond donors (Lipinski definition) is 1. The minimum Gasteiger partial charge on any atom is -0.391 e. The Morgan fingerprint density at radius 1 is 1.11 bits per heavy atom. The fourth-order valence-corrected chi connectivity index (χ4v) is 4.75. The third kappa shape index (κ3) is 4.76. The van der Waals surface area contributed by atoms with Crippen LogP contribution in [-0.4, -0.2) is 45.2 Å². The number of rotatable bonds is 7. The molecule has 1 N–H and O–H groups in total. The van der Waals surface area contributed by atoms with Gasteiger partial charge in [0.1, 0.15) is 0 Å². The number of allylic oxidation sites excluding steroid dienone is 2. The van der Waals surface area contributed by atoms with Gasteiger partial charge in [0.2, 0.25) is 0 Å². The van der Waals surface area contributed by atoms with Crippen LogP contribution in [0.15, 0.2) is 49.2 Å². The van der Waals surface area contributed by atoms with Gasteiger partial charge in [0, 0.05) is 37.4 Å². The molecule has 2 saturated heterocycles. The summed E-state index contributed by atoms with van der Waals surface area (Å²) in [7, 11) is 4.22. The molecule has 1 spiro atoms. The largest absolute Gasteiger partial charge is 0.391 e. The van der Waals surface area contributed by atoms with Crippen LogP contribution in [-0.2, 0) is 0 Å². The van der Waals surface area contributed by atoms with Gasteiger partial charge in [-0.05, 0) is 81.8 Å². The number of likely N-dealkylation sites (tertiary alicyclic amines) is 1. The zero-order valence-electron chi connectivity index (χ0n) is 17.3. The lowest BCUT2D eigenvalue weighted by atomic mass is 9.71. The molecule has 0 bridgehead atoms. The number of benzene rings is 1. The van der Waals surface area contributed by atoms with Gasteiger partial charge >= 0.3 is 0 Å². The van der Waals surface area contributed by atoms with Gasteiger partial charge in [-0.2, -0.15) is 0 Å². The van der Waals surface area contributed by atoms with Crippen LogP contribution in [0, 0.1) is 5.41 Å². The Hall–Kier alpha value is -1.74. The van der Waals surface area contributed by atoms with Gasteiger partial charge in [0.05, 0.1) is 0 Å². The van der Waals surface area contributed by atoms with Crippen LogP contribution in [0.25, 0.3) is 0 Å². The molecule has 0 saturated carbocycles. The van der Waals surface area contributed by atoms with E-state index in [9.17, 15) is 0 Å². The number of hydrogen-bond acceptors (Lipinski definition) is 3. The molecular formula is C24H37N3. The molecule has 0 aromatic heterocycles. The van der Waals surface area contributed by atoms with E-state index in [1.807, 2.05) is 13.1 Å². The SMILES string of the molecule is C=CCCC(C(=C)NC)c1ccc(N2CCC3(CCN(C)CC3)CC2)cc1. The summed E-state index contributed by atoms with van der Waals surface area (Å²) in [5.74, 6) is 0.353. The van der Waals surface area contributed by atoms with Gasteiger partial charge in [-0.3, -0.25) is 0 Å². The molecule has 3 rings (SSSR count). The summed E-state index contributed by atoms with van der Waals surface area (Å²) in [6.45, 7) is 13.0. The molecule has 2 fully saturated rings. The van der Waals surface area contributed by atoms with Crippen LogP contribution in [0.3, 0.4) is 0 Å². The van der Waals surface area contributed by atoms with Crippen molar-refractivity contribution in [1.29, 1.82) is 0 Å². The molecule has 0 radical (unpaired) electrons. The van der Waals surface area contributed by atoms with Crippen molar-refractivity contribution in [1.82, 2.24) is 10.2 Å². The molecule has 1 unspecified atom stereocenters. The van der Waals surface area contributed by atoms with Crippen LogP contribution in [0.5, 0.6) is 0 Å². The molecule has 27 heavy (non-hydrogen) atoms. The standard InChI is InChI=1S/C24H37N3/c1-5-6-7-23(20(2)25-3)21-8-10-22(11-9-21)27-18-14-24(15-19-27)12-16-26(4)17-13-24/h5,8-11,23,25H,1-2,6-7,12-19H2,3-4H3. The molecular weight excluding hydrogens is 330 g/mol. The van der Waals surface area contributed by atoms with Crippen molar-refractivity contribution in [2.45, 2.75) is 44.4 Å². The van der Waals surface area contributed by atoms with E-state index in [0.717, 1.165) is 18.5 Å². The monoisotopic (exact) mass is 367 g/mol. The number of nitrogens with zero attached hydrogens (tertiary/aromatic N) is 2. The first-order valence-corrected chi connectivity index (χ1v) is 10.6. The first-order valence-electron chi connectivity index (χ1n) is 10.6. The zero-order valence-corrected chi connectivity index (χ0v) is 17.3. The van der Waals surface area contributed by atoms with E-state index in [2.05, 4.69) is 59.6 Å². The molecule has 1 atom stereocenters. The van der Waals surface area contributed by atoms with Gasteiger partial charge in [-0.15, -0.1) is 6.58 Å². The lowest BCUT2D eigenvalue weighted by Gasteiger charge is -2.47. The minimum atomic E-state index is 0.353. The maximum absolute atomic E-state index is 4.21. The molecule has 1 aromatic rings. The molecule has 2 aliphatic heterocycles. The van der Waals surface area contributed by atoms with E-state index in [1.165, 1.54) is 63.1 Å². The van der Waals surface area contributed by atoms with E-state index < -0.39 is 0 Å². The van der Waals surface area contributed by atoms with E-state index in [4.69, 9.17) is 0 Å². The number of piperidine rings is 2. The Bertz CT molecular complexity index is 616. The van der Waals surface area contributed by atoms with Crippen LogP contribution in [0.4, 0.5) is 5.69 Å². The summed E-state index contributed by atoms with van der Waals surface area (Å²) in [6.07, 6.45) is 9.53. The molecule has 2 heterocycles. The molecule has 0 amide bonds. The van der Waals surface area contributed by atoms with Crippen LogP contribution in [0.1, 0.15) is 50.0 Å². The van der Waals surface area contributed by atoms with E-state index >= 15 is 0 Å². The Morgan fingerprint density at radius 3 is 2.26 bits per heavy atom. The normalized spacial score (nSPS) is 21.0. The van der Waals surface area contributed by atoms with Gasteiger partial charge in [-0.1, -0.05) is 24.8 Å². The lowest BCUT2D eigenvalue weighted by Crippen LogP contribution is -2.46. The summed E-state index contributed by atoms with van der Waals surface area (Å²) >= 11 is 0. The van der Waals surface area contributed by atoms with Gasteiger partial charge in [0.15, 0.2) is 0 Å². The molecule has 1 aromatic carbocycles. The quantitative estimate of drug-likeness (QED) is 0.700. The second-order valence-electron chi connectivity index (χ2n) is 8.58. The van der Waals surface area contributed by atoms with Crippen LogP contribution >= 0.6 is 0 Å². The highest BCUT2D eigenvalue weighted by molar-refractivity contribution is 5.49.